The fourth-order valence-corrected chi connectivity index (χ4v) is 3.37. The van der Waals surface area contributed by atoms with E-state index in [9.17, 15) is 9.59 Å². The lowest BCUT2D eigenvalue weighted by molar-refractivity contribution is -0.134. The second-order valence-corrected chi connectivity index (χ2v) is 8.28. The number of aliphatic hydroxyl groups excluding tert-OH is 1. The summed E-state index contributed by atoms with van der Waals surface area (Å²) < 4.78 is 0. The quantitative estimate of drug-likeness (QED) is 0.773. The van der Waals surface area contributed by atoms with Crippen molar-refractivity contribution in [3.63, 3.8) is 0 Å². The fourth-order valence-electron chi connectivity index (χ4n) is 3.37. The van der Waals surface area contributed by atoms with E-state index < -0.39 is 0 Å². The van der Waals surface area contributed by atoms with Gasteiger partial charge in [-0.3, -0.25) is 14.9 Å². The van der Waals surface area contributed by atoms with E-state index in [-0.39, 0.29) is 23.8 Å². The SMILES string of the molecule is CC(C)C(C)O.CCC1CCN(c2ccc(C3CCC(=O)NC3=O)cn2)CC1. The van der Waals surface area contributed by atoms with Crippen molar-refractivity contribution in [1.82, 2.24) is 10.3 Å². The van der Waals surface area contributed by atoms with E-state index in [0.717, 1.165) is 30.4 Å². The van der Waals surface area contributed by atoms with Crippen LogP contribution < -0.4 is 10.2 Å². The Kier molecular flexibility index (Phi) is 8.42. The third-order valence-electron chi connectivity index (χ3n) is 5.89. The second-order valence-electron chi connectivity index (χ2n) is 8.28. The van der Waals surface area contributed by atoms with Crippen molar-refractivity contribution in [2.24, 2.45) is 11.8 Å². The van der Waals surface area contributed by atoms with Crippen LogP contribution in [0.4, 0.5) is 5.82 Å². The Morgan fingerprint density at radius 1 is 1.18 bits per heavy atom. The first kappa shape index (κ1) is 22.3. The molecule has 2 amide bonds. The van der Waals surface area contributed by atoms with Gasteiger partial charge in [-0.1, -0.05) is 33.3 Å². The average molecular weight is 390 g/mol. The second kappa shape index (κ2) is 10.6. The molecule has 0 bridgehead atoms. The minimum Gasteiger partial charge on any atom is -0.393 e. The third kappa shape index (κ3) is 6.30. The molecule has 0 aromatic carbocycles. The number of anilines is 1. The molecule has 2 atom stereocenters. The molecule has 6 nitrogen and oxygen atoms in total. The first-order chi connectivity index (χ1) is 13.3. The molecule has 1 aromatic heterocycles. The Balaban J connectivity index is 0.000000409. The first-order valence-corrected chi connectivity index (χ1v) is 10.5. The van der Waals surface area contributed by atoms with Gasteiger partial charge in [-0.05, 0) is 49.7 Å². The van der Waals surface area contributed by atoms with Gasteiger partial charge in [-0.25, -0.2) is 4.98 Å². The van der Waals surface area contributed by atoms with Crippen LogP contribution in [-0.2, 0) is 9.59 Å². The number of amides is 2. The van der Waals surface area contributed by atoms with Crippen LogP contribution in [0, 0.1) is 11.8 Å². The third-order valence-corrected chi connectivity index (χ3v) is 5.89. The van der Waals surface area contributed by atoms with Crippen molar-refractivity contribution in [2.45, 2.75) is 71.8 Å². The van der Waals surface area contributed by atoms with Crippen molar-refractivity contribution in [1.29, 1.82) is 0 Å². The summed E-state index contributed by atoms with van der Waals surface area (Å²) in [5.41, 5.74) is 0.900. The van der Waals surface area contributed by atoms with Gasteiger partial charge in [-0.2, -0.15) is 0 Å². The Labute approximate surface area is 168 Å². The summed E-state index contributed by atoms with van der Waals surface area (Å²) in [5, 5.41) is 11.0. The van der Waals surface area contributed by atoms with E-state index in [1.807, 2.05) is 26.0 Å². The lowest BCUT2D eigenvalue weighted by Crippen LogP contribution is -2.39. The normalized spacial score (nSPS) is 21.8. The Morgan fingerprint density at radius 3 is 2.29 bits per heavy atom. The summed E-state index contributed by atoms with van der Waals surface area (Å²) in [7, 11) is 0. The lowest BCUT2D eigenvalue weighted by atomic mass is 9.91. The summed E-state index contributed by atoms with van der Waals surface area (Å²) in [6.07, 6.45) is 6.35. The van der Waals surface area contributed by atoms with Gasteiger partial charge in [0.05, 0.1) is 12.0 Å². The van der Waals surface area contributed by atoms with Crippen LogP contribution in [0.3, 0.4) is 0 Å². The molecule has 0 radical (unpaired) electrons. The maximum atomic E-state index is 11.9. The number of carbonyl (C=O) groups is 2. The number of aliphatic hydroxyl groups is 1. The number of hydrogen-bond acceptors (Lipinski definition) is 5. The van der Waals surface area contributed by atoms with Gasteiger partial charge < -0.3 is 10.0 Å². The minimum absolute atomic E-state index is 0.148. The maximum Gasteiger partial charge on any atom is 0.234 e. The number of piperidine rings is 2. The molecule has 3 rings (SSSR count). The fraction of sp³-hybridized carbons (Fsp3) is 0.682. The summed E-state index contributed by atoms with van der Waals surface area (Å²) >= 11 is 0. The van der Waals surface area contributed by atoms with E-state index in [0.29, 0.717) is 18.8 Å². The highest BCUT2D eigenvalue weighted by Gasteiger charge is 2.28. The van der Waals surface area contributed by atoms with E-state index in [1.54, 1.807) is 13.1 Å². The molecule has 2 N–H and O–H groups in total. The summed E-state index contributed by atoms with van der Waals surface area (Å²) in [4.78, 5) is 30.0. The molecule has 156 valence electrons. The van der Waals surface area contributed by atoms with E-state index in [4.69, 9.17) is 5.11 Å². The van der Waals surface area contributed by atoms with Crippen LogP contribution in [0.5, 0.6) is 0 Å². The van der Waals surface area contributed by atoms with E-state index in [2.05, 4.69) is 22.1 Å². The van der Waals surface area contributed by atoms with Crippen LogP contribution in [0.15, 0.2) is 18.3 Å². The summed E-state index contributed by atoms with van der Waals surface area (Å²) in [6, 6.07) is 3.99. The number of pyridine rings is 1. The molecule has 6 heteroatoms. The molecule has 2 aliphatic heterocycles. The highest BCUT2D eigenvalue weighted by molar-refractivity contribution is 6.00. The number of nitrogens with zero attached hydrogens (tertiary/aromatic N) is 2. The number of rotatable bonds is 4. The molecule has 2 saturated heterocycles. The Bertz CT molecular complexity index is 629. The largest absolute Gasteiger partial charge is 0.393 e. The summed E-state index contributed by atoms with van der Waals surface area (Å²) in [6.45, 7) is 10.2. The van der Waals surface area contributed by atoms with Crippen molar-refractivity contribution in [3.8, 4) is 0 Å². The zero-order chi connectivity index (χ0) is 20.7. The molecule has 2 fully saturated rings. The highest BCUT2D eigenvalue weighted by Crippen LogP contribution is 2.27. The lowest BCUT2D eigenvalue weighted by Gasteiger charge is -2.32. The van der Waals surface area contributed by atoms with Crippen LogP contribution in [0.2, 0.25) is 0 Å². The molecule has 28 heavy (non-hydrogen) atoms. The van der Waals surface area contributed by atoms with Crippen LogP contribution >= 0.6 is 0 Å². The van der Waals surface area contributed by atoms with E-state index >= 15 is 0 Å². The molecule has 0 saturated carbocycles. The van der Waals surface area contributed by atoms with Gasteiger partial charge in [-0.15, -0.1) is 0 Å². The first-order valence-electron chi connectivity index (χ1n) is 10.5. The monoisotopic (exact) mass is 389 g/mol. The number of imide groups is 1. The average Bonchev–Trinajstić information content (AvgIpc) is 2.69. The van der Waals surface area contributed by atoms with Crippen LogP contribution in [0.25, 0.3) is 0 Å². The zero-order valence-corrected chi connectivity index (χ0v) is 17.6. The topological polar surface area (TPSA) is 82.5 Å². The smallest absolute Gasteiger partial charge is 0.234 e. The van der Waals surface area contributed by atoms with Gasteiger partial charge in [0, 0.05) is 25.7 Å². The van der Waals surface area contributed by atoms with Crippen molar-refractivity contribution in [3.05, 3.63) is 23.9 Å². The van der Waals surface area contributed by atoms with Crippen molar-refractivity contribution < 1.29 is 14.7 Å². The predicted octanol–water partition coefficient (Wildman–Crippen LogP) is 3.25. The molecule has 2 aliphatic rings. The van der Waals surface area contributed by atoms with Crippen molar-refractivity contribution in [2.75, 3.05) is 18.0 Å². The Morgan fingerprint density at radius 2 is 1.82 bits per heavy atom. The standard InChI is InChI=1S/C17H23N3O2.C5H12O/c1-2-12-7-9-20(10-8-12)15-5-3-13(11-18-15)14-4-6-16(21)19-17(14)22;1-4(2)5(3)6/h3,5,11-12,14H,2,4,6-10H2,1H3,(H,19,21,22);4-6H,1-3H3. The molecular weight excluding hydrogens is 354 g/mol. The predicted molar refractivity (Wildman–Crippen MR) is 111 cm³/mol. The molecular formula is C22H35N3O3. The maximum absolute atomic E-state index is 11.9. The number of nitrogens with one attached hydrogen (secondary N) is 1. The molecule has 1 aromatic rings. The van der Waals surface area contributed by atoms with Crippen LogP contribution in [-0.4, -0.2) is 41.1 Å². The van der Waals surface area contributed by atoms with E-state index in [1.165, 1.54) is 19.3 Å². The number of carbonyl (C=O) groups excluding carboxylic acids is 2. The minimum atomic E-state index is -0.245. The van der Waals surface area contributed by atoms with Gasteiger partial charge >= 0.3 is 0 Å². The molecule has 3 heterocycles. The van der Waals surface area contributed by atoms with Crippen molar-refractivity contribution >= 4 is 17.6 Å². The van der Waals surface area contributed by atoms with Gasteiger partial charge in [0.15, 0.2) is 0 Å². The van der Waals surface area contributed by atoms with Gasteiger partial charge in [0.2, 0.25) is 11.8 Å². The molecule has 0 aliphatic carbocycles. The highest BCUT2D eigenvalue weighted by atomic mass is 16.3. The number of hydrogen-bond donors (Lipinski definition) is 2. The molecule has 2 unspecified atom stereocenters. The van der Waals surface area contributed by atoms with Gasteiger partial charge in [0.25, 0.3) is 0 Å². The molecule has 0 spiro atoms. The van der Waals surface area contributed by atoms with Gasteiger partial charge in [0.1, 0.15) is 5.82 Å². The van der Waals surface area contributed by atoms with Crippen LogP contribution in [0.1, 0.15) is 71.3 Å². The zero-order valence-electron chi connectivity index (χ0n) is 17.6. The number of aromatic nitrogens is 1. The summed E-state index contributed by atoms with van der Waals surface area (Å²) in [5.74, 6) is 1.62. The Hall–Kier alpha value is -1.95.